The van der Waals surface area contributed by atoms with Crippen LogP contribution in [0.1, 0.15) is 40.2 Å². The van der Waals surface area contributed by atoms with Gasteiger partial charge in [-0.3, -0.25) is 0 Å². The van der Waals surface area contributed by atoms with E-state index in [2.05, 4.69) is 73.6 Å². The normalized spacial score (nSPS) is 13.1. The van der Waals surface area contributed by atoms with Crippen LogP contribution in [-0.4, -0.2) is 19.1 Å². The third-order valence-electron chi connectivity index (χ3n) is 3.10. The highest BCUT2D eigenvalue weighted by atomic mass is 79.9. The van der Waals surface area contributed by atoms with Crippen molar-refractivity contribution in [3.8, 4) is 0 Å². The molecule has 0 fully saturated rings. The number of hydrogen-bond acceptors (Lipinski definition) is 2. The van der Waals surface area contributed by atoms with Gasteiger partial charge in [0.05, 0.1) is 0 Å². The van der Waals surface area contributed by atoms with Crippen LogP contribution in [0.15, 0.2) is 22.7 Å². The molecule has 20 heavy (non-hydrogen) atoms. The summed E-state index contributed by atoms with van der Waals surface area (Å²) >= 11 is 3.58. The maximum atomic E-state index is 6.01. The molecule has 3 heteroatoms. The third kappa shape index (κ3) is 5.84. The first-order valence-electron chi connectivity index (χ1n) is 7.58. The smallest absolute Gasteiger partial charge is 0.0400 e. The Hall–Kier alpha value is -0.540. The van der Waals surface area contributed by atoms with E-state index in [1.54, 1.807) is 0 Å². The summed E-state index contributed by atoms with van der Waals surface area (Å²) in [5, 5.41) is 0. The molecular weight excluding hydrogens is 312 g/mol. The Bertz CT molecular complexity index is 403. The van der Waals surface area contributed by atoms with Gasteiger partial charge in [-0.15, -0.1) is 0 Å². The average Bonchev–Trinajstić information content (AvgIpc) is 2.25. The summed E-state index contributed by atoms with van der Waals surface area (Å²) in [4.78, 5) is 2.51. The molecular formula is C17H29BrN2. The second-order valence-electron chi connectivity index (χ2n) is 6.65. The van der Waals surface area contributed by atoms with E-state index in [1.807, 2.05) is 0 Å². The van der Waals surface area contributed by atoms with Gasteiger partial charge < -0.3 is 10.6 Å². The minimum Gasteiger partial charge on any atom is -0.371 e. The number of nitrogens with two attached hydrogens (primary N) is 1. The monoisotopic (exact) mass is 340 g/mol. The molecule has 0 saturated heterocycles. The number of anilines is 1. The molecule has 0 saturated carbocycles. The van der Waals surface area contributed by atoms with Crippen molar-refractivity contribution < 1.29 is 0 Å². The first kappa shape index (κ1) is 17.5. The zero-order valence-electron chi connectivity index (χ0n) is 13.5. The lowest BCUT2D eigenvalue weighted by atomic mass is 10.0. The highest BCUT2D eigenvalue weighted by Gasteiger charge is 2.15. The number of hydrogen-bond donors (Lipinski definition) is 1. The van der Waals surface area contributed by atoms with Crippen molar-refractivity contribution in [2.75, 3.05) is 18.0 Å². The van der Waals surface area contributed by atoms with Gasteiger partial charge in [0.1, 0.15) is 0 Å². The van der Waals surface area contributed by atoms with Crippen LogP contribution in [-0.2, 0) is 6.42 Å². The Balaban J connectivity index is 3.09. The van der Waals surface area contributed by atoms with Crippen molar-refractivity contribution in [2.45, 2.75) is 47.1 Å². The van der Waals surface area contributed by atoms with Crippen molar-refractivity contribution in [3.63, 3.8) is 0 Å². The number of rotatable bonds is 7. The Morgan fingerprint density at radius 2 is 1.60 bits per heavy atom. The van der Waals surface area contributed by atoms with Crippen LogP contribution in [0.25, 0.3) is 0 Å². The highest BCUT2D eigenvalue weighted by molar-refractivity contribution is 9.10. The zero-order chi connectivity index (χ0) is 15.3. The molecule has 2 N–H and O–H groups in total. The Morgan fingerprint density at radius 1 is 1.05 bits per heavy atom. The fraction of sp³-hybridized carbons (Fsp3) is 0.647. The molecule has 0 aliphatic carbocycles. The largest absolute Gasteiger partial charge is 0.371 e. The summed E-state index contributed by atoms with van der Waals surface area (Å²) in [7, 11) is 0. The van der Waals surface area contributed by atoms with Gasteiger partial charge in [-0.05, 0) is 48.9 Å². The lowest BCUT2D eigenvalue weighted by Gasteiger charge is -2.31. The summed E-state index contributed by atoms with van der Waals surface area (Å²) in [6, 6.07) is 6.76. The molecule has 0 heterocycles. The molecule has 1 atom stereocenters. The van der Waals surface area contributed by atoms with Gasteiger partial charge in [0, 0.05) is 29.3 Å². The molecule has 0 bridgehead atoms. The lowest BCUT2D eigenvalue weighted by Crippen LogP contribution is -2.32. The second-order valence-corrected chi connectivity index (χ2v) is 7.56. The van der Waals surface area contributed by atoms with Crippen molar-refractivity contribution in [2.24, 2.45) is 17.6 Å². The van der Waals surface area contributed by atoms with Crippen molar-refractivity contribution >= 4 is 21.6 Å². The quantitative estimate of drug-likeness (QED) is 0.793. The Labute approximate surface area is 132 Å². The minimum atomic E-state index is 0.183. The molecule has 114 valence electrons. The van der Waals surface area contributed by atoms with E-state index in [4.69, 9.17) is 5.73 Å². The molecule has 0 amide bonds. The van der Waals surface area contributed by atoms with E-state index < -0.39 is 0 Å². The second kappa shape index (κ2) is 8.04. The summed E-state index contributed by atoms with van der Waals surface area (Å²) in [6.45, 7) is 13.3. The van der Waals surface area contributed by atoms with E-state index in [9.17, 15) is 0 Å². The average molecular weight is 341 g/mol. The predicted octanol–water partition coefficient (Wildman–Crippen LogP) is 4.46. The topological polar surface area (TPSA) is 29.3 Å². The number of nitrogens with zero attached hydrogens (tertiary/aromatic N) is 1. The van der Waals surface area contributed by atoms with E-state index in [0.717, 1.165) is 24.0 Å². The molecule has 2 nitrogen and oxygen atoms in total. The molecule has 1 aromatic rings. The molecule has 1 unspecified atom stereocenters. The van der Waals surface area contributed by atoms with E-state index in [1.165, 1.54) is 11.3 Å². The molecule has 1 rings (SSSR count). The predicted molar refractivity (Wildman–Crippen MR) is 93.4 cm³/mol. The minimum absolute atomic E-state index is 0.183. The molecule has 0 spiro atoms. The van der Waals surface area contributed by atoms with Gasteiger partial charge in [0.2, 0.25) is 0 Å². The van der Waals surface area contributed by atoms with Gasteiger partial charge in [-0.25, -0.2) is 0 Å². The van der Waals surface area contributed by atoms with Gasteiger partial charge in [-0.1, -0.05) is 43.6 Å². The lowest BCUT2D eigenvalue weighted by molar-refractivity contribution is 0.550. The fourth-order valence-electron chi connectivity index (χ4n) is 2.53. The Kier molecular flexibility index (Phi) is 7.04. The highest BCUT2D eigenvalue weighted by Crippen LogP contribution is 2.27. The molecule has 0 aromatic heterocycles. The Morgan fingerprint density at radius 3 is 2.05 bits per heavy atom. The maximum absolute atomic E-state index is 6.01. The van der Waals surface area contributed by atoms with Crippen LogP contribution in [0.5, 0.6) is 0 Å². The van der Waals surface area contributed by atoms with Gasteiger partial charge in [-0.2, -0.15) is 0 Å². The first-order valence-corrected chi connectivity index (χ1v) is 8.37. The molecule has 0 aliphatic rings. The number of benzene rings is 1. The van der Waals surface area contributed by atoms with E-state index in [0.29, 0.717) is 11.8 Å². The third-order valence-corrected chi connectivity index (χ3v) is 3.59. The molecule has 0 aliphatic heterocycles. The van der Waals surface area contributed by atoms with E-state index >= 15 is 0 Å². The molecule has 1 aromatic carbocycles. The van der Waals surface area contributed by atoms with Crippen LogP contribution in [0.2, 0.25) is 0 Å². The van der Waals surface area contributed by atoms with Crippen molar-refractivity contribution in [1.29, 1.82) is 0 Å². The van der Waals surface area contributed by atoms with Crippen LogP contribution in [0.4, 0.5) is 5.69 Å². The van der Waals surface area contributed by atoms with Crippen LogP contribution >= 0.6 is 15.9 Å². The van der Waals surface area contributed by atoms with Crippen LogP contribution < -0.4 is 10.6 Å². The van der Waals surface area contributed by atoms with Crippen LogP contribution in [0, 0.1) is 11.8 Å². The van der Waals surface area contributed by atoms with Gasteiger partial charge in [0.25, 0.3) is 0 Å². The first-order chi connectivity index (χ1) is 9.29. The summed E-state index contributed by atoms with van der Waals surface area (Å²) in [5.41, 5.74) is 8.70. The SMILES string of the molecule is CC(C)CN(CC(C)C)c1ccc(Br)cc1CC(C)N. The summed E-state index contributed by atoms with van der Waals surface area (Å²) in [6.07, 6.45) is 0.918. The summed E-state index contributed by atoms with van der Waals surface area (Å²) in [5.74, 6) is 1.31. The van der Waals surface area contributed by atoms with E-state index in [-0.39, 0.29) is 6.04 Å². The van der Waals surface area contributed by atoms with Crippen molar-refractivity contribution in [1.82, 2.24) is 0 Å². The maximum Gasteiger partial charge on any atom is 0.0400 e. The summed E-state index contributed by atoms with van der Waals surface area (Å²) < 4.78 is 1.13. The number of halogens is 1. The molecule has 0 radical (unpaired) electrons. The standard InChI is InChI=1S/C17H29BrN2/c1-12(2)10-20(11-13(3)4)17-7-6-16(18)9-15(17)8-14(5)19/h6-7,9,12-14H,8,10-11,19H2,1-5H3. The zero-order valence-corrected chi connectivity index (χ0v) is 15.1. The van der Waals surface area contributed by atoms with Crippen LogP contribution in [0.3, 0.4) is 0 Å². The fourth-order valence-corrected chi connectivity index (χ4v) is 2.93. The van der Waals surface area contributed by atoms with Crippen molar-refractivity contribution in [3.05, 3.63) is 28.2 Å². The van der Waals surface area contributed by atoms with Gasteiger partial charge in [0.15, 0.2) is 0 Å². The van der Waals surface area contributed by atoms with Gasteiger partial charge >= 0.3 is 0 Å².